The average molecular weight is 660 g/mol. The van der Waals surface area contributed by atoms with E-state index in [1.165, 1.54) is 83.1 Å². The second kappa shape index (κ2) is 14.2. The highest BCUT2D eigenvalue weighted by Crippen LogP contribution is 2.46. The van der Waals surface area contributed by atoms with E-state index in [4.69, 9.17) is 4.99 Å². The zero-order valence-corrected chi connectivity index (χ0v) is 30.8. The fourth-order valence-corrected chi connectivity index (χ4v) is 7.05. The van der Waals surface area contributed by atoms with E-state index < -0.39 is 0 Å². The van der Waals surface area contributed by atoms with Crippen LogP contribution < -0.4 is 0 Å². The molecule has 0 aliphatic rings. The number of nitrogens with zero attached hydrogens (tertiary/aromatic N) is 1. The van der Waals surface area contributed by atoms with Gasteiger partial charge in [-0.15, -0.1) is 0 Å². The lowest BCUT2D eigenvalue weighted by Crippen LogP contribution is -2.02. The number of aryl methyl sites for hydroxylation is 6. The molecule has 0 atom stereocenters. The van der Waals surface area contributed by atoms with E-state index in [1.54, 1.807) is 0 Å². The first-order chi connectivity index (χ1) is 24.7. The van der Waals surface area contributed by atoms with Crippen molar-refractivity contribution in [1.82, 2.24) is 0 Å². The van der Waals surface area contributed by atoms with Crippen molar-refractivity contribution in [2.75, 3.05) is 7.05 Å². The fourth-order valence-electron chi connectivity index (χ4n) is 7.05. The Labute approximate surface area is 303 Å². The van der Waals surface area contributed by atoms with Crippen LogP contribution in [0, 0.1) is 41.5 Å². The van der Waals surface area contributed by atoms with Gasteiger partial charge in [-0.1, -0.05) is 167 Å². The summed E-state index contributed by atoms with van der Waals surface area (Å²) >= 11 is 0. The normalized spacial score (nSPS) is 12.1. The lowest BCUT2D eigenvalue weighted by molar-refractivity contribution is 1.40. The number of allylic oxidation sites excluding steroid dienone is 1. The molecule has 0 heterocycles. The molecular formula is C50H45N. The van der Waals surface area contributed by atoms with Gasteiger partial charge in [0.15, 0.2) is 0 Å². The number of fused-ring (bicyclic) bond motifs is 1. The van der Waals surface area contributed by atoms with Gasteiger partial charge in [-0.05, 0) is 120 Å². The van der Waals surface area contributed by atoms with Crippen molar-refractivity contribution in [2.45, 2.75) is 41.5 Å². The van der Waals surface area contributed by atoms with E-state index in [2.05, 4.69) is 187 Å². The molecule has 0 saturated carbocycles. The molecule has 0 N–H and O–H groups in total. The maximum absolute atomic E-state index is 4.85. The third-order valence-corrected chi connectivity index (χ3v) is 9.98. The van der Waals surface area contributed by atoms with Crippen LogP contribution in [0.3, 0.4) is 0 Å². The molecule has 1 heteroatoms. The standard InChI is InChI=1S/C50H45N/c1-32-8-18-38(19-9-32)44-30-46(40-22-12-34(3)13-23-40)50(42-26-16-36(5)28-47(42)44)43-27-17-37(6)29-48(43)45(39-20-10-33(2)11-21-39)31-49(51-7)41-24-14-35(4)15-25-41/h8-31H,1-7H3/b45-31-,51-49-. The van der Waals surface area contributed by atoms with Crippen molar-refractivity contribution in [3.63, 3.8) is 0 Å². The summed E-state index contributed by atoms with van der Waals surface area (Å²) in [6.45, 7) is 13.0. The minimum Gasteiger partial charge on any atom is -0.288 e. The first-order valence-corrected chi connectivity index (χ1v) is 17.8. The topological polar surface area (TPSA) is 12.4 Å². The molecule has 250 valence electrons. The molecule has 7 aromatic rings. The van der Waals surface area contributed by atoms with Gasteiger partial charge in [-0.2, -0.15) is 0 Å². The van der Waals surface area contributed by atoms with Crippen molar-refractivity contribution in [3.05, 3.63) is 196 Å². The van der Waals surface area contributed by atoms with E-state index in [1.807, 2.05) is 7.05 Å². The lowest BCUT2D eigenvalue weighted by Gasteiger charge is -2.22. The Hall–Kier alpha value is -5.79. The minimum absolute atomic E-state index is 0.951. The molecule has 0 unspecified atom stereocenters. The number of aliphatic imine (C=N–C) groups is 1. The Balaban J connectivity index is 1.59. The van der Waals surface area contributed by atoms with E-state index in [0.29, 0.717) is 0 Å². The van der Waals surface area contributed by atoms with Crippen molar-refractivity contribution in [1.29, 1.82) is 0 Å². The van der Waals surface area contributed by atoms with E-state index >= 15 is 0 Å². The van der Waals surface area contributed by atoms with Gasteiger partial charge in [-0.25, -0.2) is 0 Å². The highest BCUT2D eigenvalue weighted by atomic mass is 14.7. The molecule has 0 aliphatic carbocycles. The van der Waals surface area contributed by atoms with E-state index in [9.17, 15) is 0 Å². The molecule has 0 radical (unpaired) electrons. The maximum Gasteiger partial charge on any atom is 0.0649 e. The third-order valence-electron chi connectivity index (χ3n) is 9.98. The highest BCUT2D eigenvalue weighted by molar-refractivity contribution is 6.16. The first kappa shape index (κ1) is 33.7. The van der Waals surface area contributed by atoms with Crippen LogP contribution in [-0.4, -0.2) is 12.8 Å². The molecule has 0 bridgehead atoms. The molecule has 0 amide bonds. The van der Waals surface area contributed by atoms with Gasteiger partial charge < -0.3 is 0 Å². The fraction of sp³-hybridized carbons (Fsp3) is 0.140. The van der Waals surface area contributed by atoms with Crippen LogP contribution in [0.15, 0.2) is 151 Å². The molecule has 51 heavy (non-hydrogen) atoms. The van der Waals surface area contributed by atoms with Gasteiger partial charge >= 0.3 is 0 Å². The molecule has 0 fully saturated rings. The van der Waals surface area contributed by atoms with Crippen molar-refractivity contribution < 1.29 is 0 Å². The third kappa shape index (κ3) is 6.98. The monoisotopic (exact) mass is 659 g/mol. The van der Waals surface area contributed by atoms with Crippen molar-refractivity contribution >= 4 is 22.1 Å². The van der Waals surface area contributed by atoms with E-state index in [0.717, 1.165) is 22.4 Å². The van der Waals surface area contributed by atoms with Crippen LogP contribution in [0.5, 0.6) is 0 Å². The van der Waals surface area contributed by atoms with Crippen LogP contribution in [0.4, 0.5) is 0 Å². The molecule has 7 aromatic carbocycles. The molecule has 1 nitrogen and oxygen atoms in total. The van der Waals surface area contributed by atoms with Crippen LogP contribution in [0.25, 0.3) is 49.7 Å². The zero-order chi connectivity index (χ0) is 35.6. The van der Waals surface area contributed by atoms with Gasteiger partial charge in [0.1, 0.15) is 0 Å². The zero-order valence-electron chi connectivity index (χ0n) is 30.8. The Morgan fingerprint density at radius 1 is 0.412 bits per heavy atom. The molecule has 0 aliphatic heterocycles. The molecule has 0 aromatic heterocycles. The summed E-state index contributed by atoms with van der Waals surface area (Å²) in [5.41, 5.74) is 20.3. The summed E-state index contributed by atoms with van der Waals surface area (Å²) in [5, 5.41) is 2.50. The van der Waals surface area contributed by atoms with E-state index in [-0.39, 0.29) is 0 Å². The Morgan fingerprint density at radius 3 is 1.45 bits per heavy atom. The van der Waals surface area contributed by atoms with Gasteiger partial charge in [0.2, 0.25) is 0 Å². The van der Waals surface area contributed by atoms with Gasteiger partial charge in [0.25, 0.3) is 0 Å². The first-order valence-electron chi connectivity index (χ1n) is 17.8. The number of rotatable bonds is 7. The maximum atomic E-state index is 4.85. The highest BCUT2D eigenvalue weighted by Gasteiger charge is 2.21. The summed E-state index contributed by atoms with van der Waals surface area (Å²) < 4.78 is 0. The summed E-state index contributed by atoms with van der Waals surface area (Å²) in [7, 11) is 1.89. The van der Waals surface area contributed by atoms with Gasteiger partial charge in [0.05, 0.1) is 5.71 Å². The van der Waals surface area contributed by atoms with Crippen LogP contribution >= 0.6 is 0 Å². The van der Waals surface area contributed by atoms with Gasteiger partial charge in [-0.3, -0.25) is 4.99 Å². The largest absolute Gasteiger partial charge is 0.288 e. The molecular weight excluding hydrogens is 615 g/mol. The minimum atomic E-state index is 0.951. The average Bonchev–Trinajstić information content (AvgIpc) is 3.13. The number of hydrogen-bond acceptors (Lipinski definition) is 1. The van der Waals surface area contributed by atoms with Crippen LogP contribution in [-0.2, 0) is 0 Å². The number of hydrogen-bond donors (Lipinski definition) is 0. The smallest absolute Gasteiger partial charge is 0.0649 e. The summed E-state index contributed by atoms with van der Waals surface area (Å²) in [6.07, 6.45) is 2.28. The Bertz CT molecular complexity index is 2420. The molecule has 0 saturated heterocycles. The van der Waals surface area contributed by atoms with Crippen LogP contribution in [0.2, 0.25) is 0 Å². The predicted octanol–water partition coefficient (Wildman–Crippen LogP) is 13.2. The second-order valence-electron chi connectivity index (χ2n) is 14.1. The van der Waals surface area contributed by atoms with Crippen molar-refractivity contribution in [3.8, 4) is 33.4 Å². The summed E-state index contributed by atoms with van der Waals surface area (Å²) in [5.74, 6) is 0. The quantitative estimate of drug-likeness (QED) is 0.151. The Kier molecular flexibility index (Phi) is 9.39. The van der Waals surface area contributed by atoms with Gasteiger partial charge in [0, 0.05) is 7.05 Å². The van der Waals surface area contributed by atoms with Crippen LogP contribution in [0.1, 0.15) is 50.1 Å². The number of benzene rings is 7. The second-order valence-corrected chi connectivity index (χ2v) is 14.1. The SMILES string of the molecule is C/N=C(/C=C(/c1ccc(C)cc1)c1cc(C)ccc1-c1c(-c2ccc(C)cc2)cc(-c2ccc(C)cc2)c2cc(C)ccc12)c1ccc(C)cc1. The predicted molar refractivity (Wildman–Crippen MR) is 221 cm³/mol. The molecule has 0 spiro atoms. The Morgan fingerprint density at radius 2 is 0.882 bits per heavy atom. The van der Waals surface area contributed by atoms with Crippen molar-refractivity contribution in [2.24, 2.45) is 4.99 Å². The summed E-state index contributed by atoms with van der Waals surface area (Å²) in [4.78, 5) is 4.85. The summed E-state index contributed by atoms with van der Waals surface area (Å²) in [6, 6.07) is 51.9. The lowest BCUT2D eigenvalue weighted by atomic mass is 9.81. The molecule has 7 rings (SSSR count).